The van der Waals surface area contributed by atoms with Gasteiger partial charge in [-0.3, -0.25) is 9.78 Å². The second kappa shape index (κ2) is 4.61. The molecule has 0 atom stereocenters. The van der Waals surface area contributed by atoms with Crippen molar-refractivity contribution in [2.75, 3.05) is 6.61 Å². The molecule has 0 radical (unpaired) electrons. The molecule has 4 heteroatoms. The predicted molar refractivity (Wildman–Crippen MR) is 61.0 cm³/mol. The van der Waals surface area contributed by atoms with Gasteiger partial charge in [0.05, 0.1) is 18.5 Å². The van der Waals surface area contributed by atoms with Crippen molar-refractivity contribution in [3.05, 3.63) is 36.5 Å². The third-order valence-corrected chi connectivity index (χ3v) is 2.22. The minimum atomic E-state index is -0.363. The Morgan fingerprint density at radius 1 is 1.31 bits per heavy atom. The van der Waals surface area contributed by atoms with E-state index in [1.165, 1.54) is 0 Å². The summed E-state index contributed by atoms with van der Waals surface area (Å²) in [5, 5.41) is 0.939. The van der Waals surface area contributed by atoms with Gasteiger partial charge < -0.3 is 10.5 Å². The summed E-state index contributed by atoms with van der Waals surface area (Å²) in [6.07, 6.45) is 1.90. The number of pyridine rings is 1. The number of aromatic nitrogens is 1. The zero-order chi connectivity index (χ0) is 11.4. The number of hydrogen-bond acceptors (Lipinski definition) is 3. The number of ether oxygens (including phenoxy) is 1. The molecule has 2 aromatic rings. The maximum absolute atomic E-state index is 10.6. The summed E-state index contributed by atoms with van der Waals surface area (Å²) in [5.41, 5.74) is 5.91. The fraction of sp³-hybridized carbons (Fsp3) is 0.167. The Morgan fingerprint density at radius 2 is 2.12 bits per heavy atom. The van der Waals surface area contributed by atoms with Gasteiger partial charge in [0.25, 0.3) is 0 Å². The van der Waals surface area contributed by atoms with Crippen LogP contribution < -0.4 is 10.5 Å². The third-order valence-electron chi connectivity index (χ3n) is 2.22. The van der Waals surface area contributed by atoms with Crippen LogP contribution in [0.1, 0.15) is 6.42 Å². The molecule has 0 unspecified atom stereocenters. The van der Waals surface area contributed by atoms with Crippen molar-refractivity contribution in [2.24, 2.45) is 5.73 Å². The van der Waals surface area contributed by atoms with Gasteiger partial charge in [0, 0.05) is 11.6 Å². The quantitative estimate of drug-likeness (QED) is 0.842. The van der Waals surface area contributed by atoms with Crippen LogP contribution in [0, 0.1) is 0 Å². The largest absolute Gasteiger partial charge is 0.492 e. The molecule has 82 valence electrons. The van der Waals surface area contributed by atoms with Crippen LogP contribution in [0.15, 0.2) is 36.5 Å². The van der Waals surface area contributed by atoms with E-state index in [1.807, 2.05) is 24.3 Å². The third kappa shape index (κ3) is 2.28. The Kier molecular flexibility index (Phi) is 3.00. The van der Waals surface area contributed by atoms with E-state index >= 15 is 0 Å². The number of nitrogens with zero attached hydrogens (tertiary/aromatic N) is 1. The number of carbonyl (C=O) groups is 1. The van der Waals surface area contributed by atoms with Crippen LogP contribution in [0.25, 0.3) is 10.9 Å². The van der Waals surface area contributed by atoms with E-state index in [9.17, 15) is 4.79 Å². The highest BCUT2D eigenvalue weighted by molar-refractivity contribution is 5.84. The maximum atomic E-state index is 10.6. The van der Waals surface area contributed by atoms with E-state index in [1.54, 1.807) is 12.3 Å². The molecule has 1 aromatic heterocycles. The highest BCUT2D eigenvalue weighted by Gasteiger charge is 2.02. The molecule has 0 spiro atoms. The van der Waals surface area contributed by atoms with Crippen molar-refractivity contribution in [3.63, 3.8) is 0 Å². The molecule has 16 heavy (non-hydrogen) atoms. The molecular formula is C12H12N2O2. The first kappa shape index (κ1) is 10.4. The van der Waals surface area contributed by atoms with E-state index in [-0.39, 0.29) is 12.3 Å². The molecule has 0 aliphatic rings. The van der Waals surface area contributed by atoms with Crippen molar-refractivity contribution in [3.8, 4) is 5.75 Å². The highest BCUT2D eigenvalue weighted by atomic mass is 16.5. The Labute approximate surface area is 93.0 Å². The van der Waals surface area contributed by atoms with Gasteiger partial charge in [-0.25, -0.2) is 0 Å². The number of amides is 1. The number of rotatable bonds is 4. The summed E-state index contributed by atoms with van der Waals surface area (Å²) in [6.45, 7) is 0.295. The average Bonchev–Trinajstić information content (AvgIpc) is 2.29. The molecule has 0 aliphatic heterocycles. The highest BCUT2D eigenvalue weighted by Crippen LogP contribution is 2.23. The topological polar surface area (TPSA) is 65.2 Å². The predicted octanol–water partition coefficient (Wildman–Crippen LogP) is 1.49. The molecule has 0 aliphatic carbocycles. The maximum Gasteiger partial charge on any atom is 0.220 e. The Morgan fingerprint density at radius 3 is 2.94 bits per heavy atom. The van der Waals surface area contributed by atoms with Crippen LogP contribution in [0.5, 0.6) is 5.75 Å². The second-order valence-corrected chi connectivity index (χ2v) is 3.39. The summed E-state index contributed by atoms with van der Waals surface area (Å²) in [7, 11) is 0. The number of fused-ring (bicyclic) bond motifs is 1. The number of primary amides is 1. The summed E-state index contributed by atoms with van der Waals surface area (Å²) >= 11 is 0. The standard InChI is InChI=1S/C12H12N2O2/c13-12(15)6-8-16-11-5-7-14-10-4-2-1-3-9(10)11/h1-5,7H,6,8H2,(H2,13,15). The van der Waals surface area contributed by atoms with Gasteiger partial charge in [0.15, 0.2) is 0 Å². The summed E-state index contributed by atoms with van der Waals surface area (Å²) < 4.78 is 5.49. The minimum absolute atomic E-state index is 0.219. The van der Waals surface area contributed by atoms with Gasteiger partial charge in [0.1, 0.15) is 5.75 Å². The molecule has 0 saturated heterocycles. The lowest BCUT2D eigenvalue weighted by molar-refractivity contribution is -0.118. The van der Waals surface area contributed by atoms with E-state index in [2.05, 4.69) is 4.98 Å². The Hall–Kier alpha value is -2.10. The smallest absolute Gasteiger partial charge is 0.220 e. The molecule has 0 bridgehead atoms. The van der Waals surface area contributed by atoms with Crippen molar-refractivity contribution in [1.82, 2.24) is 4.98 Å². The van der Waals surface area contributed by atoms with E-state index in [0.717, 1.165) is 16.7 Å². The molecule has 1 amide bonds. The van der Waals surface area contributed by atoms with Crippen LogP contribution in [0.3, 0.4) is 0 Å². The summed E-state index contributed by atoms with van der Waals surface area (Å²) in [6, 6.07) is 9.47. The first-order valence-electron chi connectivity index (χ1n) is 5.02. The first-order valence-corrected chi connectivity index (χ1v) is 5.02. The zero-order valence-corrected chi connectivity index (χ0v) is 8.72. The molecule has 2 N–H and O–H groups in total. The van der Waals surface area contributed by atoms with E-state index in [0.29, 0.717) is 6.61 Å². The molecule has 1 aromatic carbocycles. The monoisotopic (exact) mass is 216 g/mol. The summed E-state index contributed by atoms with van der Waals surface area (Å²) in [4.78, 5) is 14.8. The zero-order valence-electron chi connectivity index (χ0n) is 8.72. The van der Waals surface area contributed by atoms with Gasteiger partial charge in [-0.15, -0.1) is 0 Å². The fourth-order valence-electron chi connectivity index (χ4n) is 1.46. The SMILES string of the molecule is NC(=O)CCOc1ccnc2ccccc12. The van der Waals surface area contributed by atoms with Crippen LogP contribution in [-0.2, 0) is 4.79 Å². The molecular weight excluding hydrogens is 204 g/mol. The summed E-state index contributed by atoms with van der Waals surface area (Å²) in [5.74, 6) is 0.366. The molecule has 2 rings (SSSR count). The molecule has 0 saturated carbocycles. The van der Waals surface area contributed by atoms with E-state index < -0.39 is 0 Å². The van der Waals surface area contributed by atoms with Crippen LogP contribution in [0.4, 0.5) is 0 Å². The minimum Gasteiger partial charge on any atom is -0.492 e. The number of benzene rings is 1. The van der Waals surface area contributed by atoms with Gasteiger partial charge in [0.2, 0.25) is 5.91 Å². The van der Waals surface area contributed by atoms with Gasteiger partial charge >= 0.3 is 0 Å². The van der Waals surface area contributed by atoms with E-state index in [4.69, 9.17) is 10.5 Å². The van der Waals surface area contributed by atoms with Crippen molar-refractivity contribution >= 4 is 16.8 Å². The lowest BCUT2D eigenvalue weighted by atomic mass is 10.2. The second-order valence-electron chi connectivity index (χ2n) is 3.39. The average molecular weight is 216 g/mol. The number of nitrogens with two attached hydrogens (primary N) is 1. The van der Waals surface area contributed by atoms with Crippen molar-refractivity contribution < 1.29 is 9.53 Å². The lowest BCUT2D eigenvalue weighted by Gasteiger charge is -2.07. The normalized spacial score (nSPS) is 10.2. The molecule has 1 heterocycles. The van der Waals surface area contributed by atoms with Crippen LogP contribution in [-0.4, -0.2) is 17.5 Å². The number of para-hydroxylation sites is 1. The van der Waals surface area contributed by atoms with Crippen LogP contribution >= 0.6 is 0 Å². The molecule has 4 nitrogen and oxygen atoms in total. The molecule has 0 fully saturated rings. The van der Waals surface area contributed by atoms with Gasteiger partial charge in [-0.05, 0) is 18.2 Å². The Bertz CT molecular complexity index is 506. The Balaban J connectivity index is 2.20. The van der Waals surface area contributed by atoms with Crippen molar-refractivity contribution in [1.29, 1.82) is 0 Å². The van der Waals surface area contributed by atoms with Crippen molar-refractivity contribution in [2.45, 2.75) is 6.42 Å². The van der Waals surface area contributed by atoms with Gasteiger partial charge in [-0.2, -0.15) is 0 Å². The van der Waals surface area contributed by atoms with Gasteiger partial charge in [-0.1, -0.05) is 12.1 Å². The fourth-order valence-corrected chi connectivity index (χ4v) is 1.46. The number of hydrogen-bond donors (Lipinski definition) is 1. The number of carbonyl (C=O) groups excluding carboxylic acids is 1. The van der Waals surface area contributed by atoms with Crippen LogP contribution in [0.2, 0.25) is 0 Å². The first-order chi connectivity index (χ1) is 7.77. The lowest BCUT2D eigenvalue weighted by Crippen LogP contribution is -2.14.